The number of rotatable bonds is 3. The van der Waals surface area contributed by atoms with Crippen LogP contribution in [0.4, 0.5) is 0 Å². The van der Waals surface area contributed by atoms with Gasteiger partial charge in [-0.15, -0.1) is 0 Å². The van der Waals surface area contributed by atoms with Crippen LogP contribution in [0.2, 0.25) is 0 Å². The first kappa shape index (κ1) is 15.4. The van der Waals surface area contributed by atoms with Crippen LogP contribution >= 0.6 is 11.8 Å². The first-order valence-corrected chi connectivity index (χ1v) is 8.66. The molecule has 112 valence electrons. The van der Waals surface area contributed by atoms with E-state index in [2.05, 4.69) is 9.97 Å². The molecule has 20 heavy (non-hydrogen) atoms. The van der Waals surface area contributed by atoms with E-state index in [-0.39, 0.29) is 5.75 Å². The maximum Gasteiger partial charge on any atom is 0.313 e. The normalized spacial score (nSPS) is 17.8. The highest BCUT2D eigenvalue weighted by Gasteiger charge is 2.12. The summed E-state index contributed by atoms with van der Waals surface area (Å²) >= 11 is 1.29. The predicted octanol–water partition coefficient (Wildman–Crippen LogP) is 3.81. The number of imidazole rings is 1. The van der Waals surface area contributed by atoms with Crippen molar-refractivity contribution in [3.8, 4) is 0 Å². The number of aromatic nitrogens is 2. The number of hydrogen-bond donors (Lipinski definition) is 2. The first-order valence-electron chi connectivity index (χ1n) is 7.68. The fourth-order valence-corrected chi connectivity index (χ4v) is 3.32. The van der Waals surface area contributed by atoms with E-state index in [1.165, 1.54) is 74.5 Å². The third-order valence-corrected chi connectivity index (χ3v) is 4.62. The molecule has 1 heterocycles. The smallest absolute Gasteiger partial charge is 0.313 e. The summed E-state index contributed by atoms with van der Waals surface area (Å²) in [5.41, 5.74) is 2.40. The molecule has 0 unspecified atom stereocenters. The molecule has 0 spiro atoms. The lowest BCUT2D eigenvalue weighted by molar-refractivity contribution is -0.133. The second-order valence-corrected chi connectivity index (χ2v) is 6.44. The Hall–Kier alpha value is -0.970. The summed E-state index contributed by atoms with van der Waals surface area (Å²) in [6.07, 6.45) is 12.5. The van der Waals surface area contributed by atoms with Crippen molar-refractivity contribution < 1.29 is 9.90 Å². The molecule has 0 aromatic carbocycles. The Labute approximate surface area is 124 Å². The van der Waals surface area contributed by atoms with E-state index in [0.29, 0.717) is 0 Å². The minimum Gasteiger partial charge on any atom is -0.481 e. The van der Waals surface area contributed by atoms with Gasteiger partial charge in [0.25, 0.3) is 0 Å². The molecule has 0 saturated carbocycles. The van der Waals surface area contributed by atoms with Crippen molar-refractivity contribution in [3.63, 3.8) is 0 Å². The molecule has 1 aliphatic carbocycles. The number of H-pyrrole nitrogens is 1. The van der Waals surface area contributed by atoms with E-state index in [4.69, 9.17) is 5.11 Å². The van der Waals surface area contributed by atoms with Gasteiger partial charge in [-0.2, -0.15) is 0 Å². The molecule has 4 nitrogen and oxygen atoms in total. The fraction of sp³-hybridized carbons (Fsp3) is 0.733. The number of aromatic amines is 1. The average molecular weight is 296 g/mol. The SMILES string of the molecule is O=C(O)CSc1nc2c([nH]1)CCCCCCCCCC2. The Morgan fingerprint density at radius 2 is 1.65 bits per heavy atom. The van der Waals surface area contributed by atoms with Gasteiger partial charge in [0.2, 0.25) is 0 Å². The average Bonchev–Trinajstić information content (AvgIpc) is 2.79. The van der Waals surface area contributed by atoms with Crippen LogP contribution in [0.5, 0.6) is 0 Å². The zero-order chi connectivity index (χ0) is 14.2. The van der Waals surface area contributed by atoms with E-state index in [1.54, 1.807) is 0 Å². The van der Waals surface area contributed by atoms with Crippen LogP contribution < -0.4 is 0 Å². The Balaban J connectivity index is 1.99. The molecule has 0 radical (unpaired) electrons. The number of carbonyl (C=O) groups is 1. The van der Waals surface area contributed by atoms with Crippen LogP contribution in [0.15, 0.2) is 5.16 Å². The van der Waals surface area contributed by atoms with Gasteiger partial charge < -0.3 is 10.1 Å². The lowest BCUT2D eigenvalue weighted by Crippen LogP contribution is -1.97. The summed E-state index contributed by atoms with van der Waals surface area (Å²) in [6.45, 7) is 0. The van der Waals surface area contributed by atoms with Gasteiger partial charge in [-0.25, -0.2) is 4.98 Å². The lowest BCUT2D eigenvalue weighted by atomic mass is 10.0. The summed E-state index contributed by atoms with van der Waals surface area (Å²) < 4.78 is 0. The van der Waals surface area contributed by atoms with Crippen molar-refractivity contribution in [1.29, 1.82) is 0 Å². The highest BCUT2D eigenvalue weighted by Crippen LogP contribution is 2.21. The summed E-state index contributed by atoms with van der Waals surface area (Å²) in [5.74, 6) is -0.716. The van der Waals surface area contributed by atoms with Crippen LogP contribution in [-0.4, -0.2) is 26.8 Å². The Morgan fingerprint density at radius 1 is 1.05 bits per heavy atom. The van der Waals surface area contributed by atoms with Crippen molar-refractivity contribution in [1.82, 2.24) is 9.97 Å². The molecule has 0 aliphatic heterocycles. The maximum absolute atomic E-state index is 10.6. The number of carboxylic acid groups (broad SMARTS) is 1. The van der Waals surface area contributed by atoms with Gasteiger partial charge in [0.1, 0.15) is 0 Å². The van der Waals surface area contributed by atoms with Gasteiger partial charge in [-0.1, -0.05) is 50.3 Å². The molecular formula is C15H24N2O2S. The molecule has 1 aliphatic rings. The zero-order valence-electron chi connectivity index (χ0n) is 12.0. The highest BCUT2D eigenvalue weighted by molar-refractivity contribution is 7.99. The Kier molecular flexibility index (Phi) is 6.43. The van der Waals surface area contributed by atoms with Crippen molar-refractivity contribution in [2.45, 2.75) is 69.4 Å². The van der Waals surface area contributed by atoms with Crippen LogP contribution in [0.1, 0.15) is 62.8 Å². The van der Waals surface area contributed by atoms with E-state index in [1.807, 2.05) is 0 Å². The second-order valence-electron chi connectivity index (χ2n) is 5.48. The van der Waals surface area contributed by atoms with Crippen LogP contribution in [0, 0.1) is 0 Å². The van der Waals surface area contributed by atoms with E-state index >= 15 is 0 Å². The Bertz CT molecular complexity index is 402. The van der Waals surface area contributed by atoms with E-state index in [0.717, 1.165) is 18.0 Å². The van der Waals surface area contributed by atoms with Gasteiger partial charge in [0, 0.05) is 5.69 Å². The number of carboxylic acids is 1. The van der Waals surface area contributed by atoms with Gasteiger partial charge >= 0.3 is 5.97 Å². The first-order chi connectivity index (χ1) is 9.75. The molecule has 0 bridgehead atoms. The molecule has 1 aromatic rings. The van der Waals surface area contributed by atoms with E-state index < -0.39 is 5.97 Å². The number of thioether (sulfide) groups is 1. The van der Waals surface area contributed by atoms with Crippen molar-refractivity contribution in [2.75, 3.05) is 5.75 Å². The van der Waals surface area contributed by atoms with Gasteiger partial charge in [-0.3, -0.25) is 4.79 Å². The maximum atomic E-state index is 10.6. The Morgan fingerprint density at radius 3 is 2.30 bits per heavy atom. The molecule has 5 heteroatoms. The van der Waals surface area contributed by atoms with Gasteiger partial charge in [0.15, 0.2) is 5.16 Å². The number of hydrogen-bond acceptors (Lipinski definition) is 3. The lowest BCUT2D eigenvalue weighted by Gasteiger charge is -2.06. The standard InChI is InChI=1S/C15H24N2O2S/c18-14(19)11-20-15-16-12-9-7-5-3-1-2-4-6-8-10-13(12)17-15/h1-11H2,(H,16,17)(H,18,19). The molecule has 0 atom stereocenters. The molecule has 0 fully saturated rings. The van der Waals surface area contributed by atoms with Crippen LogP contribution in [0.25, 0.3) is 0 Å². The van der Waals surface area contributed by atoms with Crippen molar-refractivity contribution >= 4 is 17.7 Å². The summed E-state index contributed by atoms with van der Waals surface area (Å²) in [5, 5.41) is 9.51. The molecule has 2 rings (SSSR count). The molecular weight excluding hydrogens is 272 g/mol. The number of nitrogens with one attached hydrogen (secondary N) is 1. The van der Waals surface area contributed by atoms with Crippen LogP contribution in [0.3, 0.4) is 0 Å². The molecule has 1 aromatic heterocycles. The topological polar surface area (TPSA) is 66.0 Å². The number of fused-ring (bicyclic) bond motifs is 1. The third kappa shape index (κ3) is 5.19. The quantitative estimate of drug-likeness (QED) is 0.832. The van der Waals surface area contributed by atoms with Gasteiger partial charge in [-0.05, 0) is 25.7 Å². The largest absolute Gasteiger partial charge is 0.481 e. The number of nitrogens with zero attached hydrogens (tertiary/aromatic N) is 1. The summed E-state index contributed by atoms with van der Waals surface area (Å²) in [6, 6.07) is 0. The summed E-state index contributed by atoms with van der Waals surface area (Å²) in [4.78, 5) is 18.6. The van der Waals surface area contributed by atoms with Crippen molar-refractivity contribution in [3.05, 3.63) is 11.4 Å². The number of aliphatic carboxylic acids is 1. The zero-order valence-corrected chi connectivity index (χ0v) is 12.8. The molecule has 0 saturated heterocycles. The fourth-order valence-electron chi connectivity index (χ4n) is 2.69. The van der Waals surface area contributed by atoms with Crippen LogP contribution in [-0.2, 0) is 17.6 Å². The summed E-state index contributed by atoms with van der Waals surface area (Å²) in [7, 11) is 0. The van der Waals surface area contributed by atoms with Crippen molar-refractivity contribution in [2.24, 2.45) is 0 Å². The number of aryl methyl sites for hydroxylation is 2. The van der Waals surface area contributed by atoms with E-state index in [9.17, 15) is 4.79 Å². The minimum atomic E-state index is -0.791. The highest BCUT2D eigenvalue weighted by atomic mass is 32.2. The van der Waals surface area contributed by atoms with Gasteiger partial charge in [0.05, 0.1) is 11.4 Å². The monoisotopic (exact) mass is 296 g/mol. The molecule has 0 amide bonds. The second kappa shape index (κ2) is 8.35. The third-order valence-electron chi connectivity index (χ3n) is 3.77. The minimum absolute atomic E-state index is 0.0758. The molecule has 2 N–H and O–H groups in total. The predicted molar refractivity (Wildman–Crippen MR) is 81.3 cm³/mol.